The Labute approximate surface area is 115 Å². The number of hydrogen-bond acceptors (Lipinski definition) is 5. The van der Waals surface area contributed by atoms with E-state index in [0.717, 1.165) is 6.20 Å². The quantitative estimate of drug-likeness (QED) is 0.691. The highest BCUT2D eigenvalue weighted by molar-refractivity contribution is 7.71. The first-order chi connectivity index (χ1) is 9.28. The van der Waals surface area contributed by atoms with Gasteiger partial charge in [0.2, 0.25) is 5.67 Å². The minimum absolute atomic E-state index is 0.0307. The van der Waals surface area contributed by atoms with Gasteiger partial charge in [0.15, 0.2) is 12.3 Å². The van der Waals surface area contributed by atoms with Crippen molar-refractivity contribution >= 4 is 12.2 Å². The van der Waals surface area contributed by atoms with Gasteiger partial charge in [0.05, 0.1) is 0 Å². The minimum atomic E-state index is -3.22. The summed E-state index contributed by atoms with van der Waals surface area (Å²) >= 11 is 4.67. The molecule has 1 aliphatic heterocycles. The first kappa shape index (κ1) is 15.2. The van der Waals surface area contributed by atoms with Crippen molar-refractivity contribution in [1.82, 2.24) is 9.55 Å². The molecule has 6 nitrogen and oxygen atoms in total. The molecule has 20 heavy (non-hydrogen) atoms. The maximum Gasteiger partial charge on any atom is 0.328 e. The average Bonchev–Trinajstić information content (AvgIpc) is 2.62. The number of halogens is 3. The highest BCUT2D eigenvalue weighted by atomic mass is 32.1. The summed E-state index contributed by atoms with van der Waals surface area (Å²) in [5.74, 6) is -3.21. The molecule has 1 fully saturated rings. The van der Waals surface area contributed by atoms with Crippen LogP contribution in [0.15, 0.2) is 17.1 Å². The number of nitrogens with one attached hydrogen (secondary N) is 1. The number of aliphatic hydroxyl groups excluding tert-OH is 2. The molecule has 0 amide bonds. The Morgan fingerprint density at radius 1 is 1.55 bits per heavy atom. The van der Waals surface area contributed by atoms with E-state index >= 15 is 0 Å². The Hall–Kier alpha value is -1.23. The third-order valence-electron chi connectivity index (χ3n) is 3.11. The van der Waals surface area contributed by atoms with Crippen LogP contribution in [-0.4, -0.2) is 50.7 Å². The summed E-state index contributed by atoms with van der Waals surface area (Å²) in [7, 11) is 0. The number of ether oxygens (including phenoxy) is 1. The van der Waals surface area contributed by atoms with E-state index in [1.165, 1.54) is 6.07 Å². The molecule has 2 heterocycles. The summed E-state index contributed by atoms with van der Waals surface area (Å²) in [5, 5.41) is 18.4. The smallest absolute Gasteiger partial charge is 0.328 e. The molecule has 1 aromatic heterocycles. The Bertz CT molecular complexity index is 623. The van der Waals surface area contributed by atoms with Gasteiger partial charge in [0.25, 0.3) is 5.85 Å². The van der Waals surface area contributed by atoms with E-state index in [1.54, 1.807) is 0 Å². The zero-order chi connectivity index (χ0) is 15.1. The van der Waals surface area contributed by atoms with Gasteiger partial charge in [-0.15, -0.1) is 0 Å². The molecule has 112 valence electrons. The first-order valence-electron chi connectivity index (χ1n) is 5.50. The highest BCUT2D eigenvalue weighted by Gasteiger charge is 2.67. The molecule has 0 radical (unpaired) electrons. The van der Waals surface area contributed by atoms with Crippen LogP contribution in [0.4, 0.5) is 13.2 Å². The van der Waals surface area contributed by atoms with Crippen LogP contribution < -0.4 is 5.69 Å². The summed E-state index contributed by atoms with van der Waals surface area (Å²) in [6.07, 6.45) is -3.70. The topological polar surface area (TPSA) is 87.5 Å². The standard InChI is InChI=1S/C10H11F3N2O4S/c11-3-9(12)6(17)10(13,4-16)19-7(9)15-2-1-5(20)14-8(15)18/h1-2,6-7,16-17H,3-4H2,(H,14,18,20)/t6?,7-,9-,10-/m1/s1. The molecule has 10 heteroatoms. The van der Waals surface area contributed by atoms with Crippen LogP contribution in [0.5, 0.6) is 0 Å². The van der Waals surface area contributed by atoms with Gasteiger partial charge < -0.3 is 14.9 Å². The summed E-state index contributed by atoms with van der Waals surface area (Å²) in [4.78, 5) is 13.8. The first-order valence-corrected chi connectivity index (χ1v) is 5.91. The maximum absolute atomic E-state index is 14.4. The molecular weight excluding hydrogens is 301 g/mol. The molecule has 1 unspecified atom stereocenters. The summed E-state index contributed by atoms with van der Waals surface area (Å²) in [6.45, 7) is -3.21. The lowest BCUT2D eigenvalue weighted by Gasteiger charge is -2.25. The Morgan fingerprint density at radius 2 is 2.20 bits per heavy atom. The molecule has 0 bridgehead atoms. The molecule has 3 N–H and O–H groups in total. The Morgan fingerprint density at radius 3 is 2.70 bits per heavy atom. The number of aromatic nitrogens is 2. The van der Waals surface area contributed by atoms with Crippen LogP contribution in [0, 0.1) is 4.64 Å². The third kappa shape index (κ3) is 2.08. The predicted molar refractivity (Wildman–Crippen MR) is 62.8 cm³/mol. The monoisotopic (exact) mass is 312 g/mol. The Balaban J connectivity index is 2.55. The lowest BCUT2D eigenvalue weighted by Crippen LogP contribution is -2.50. The van der Waals surface area contributed by atoms with Gasteiger partial charge in [-0.05, 0) is 6.07 Å². The number of alkyl halides is 3. The fourth-order valence-corrected chi connectivity index (χ4v) is 2.15. The number of aromatic amines is 1. The van der Waals surface area contributed by atoms with Gasteiger partial charge in [0, 0.05) is 6.20 Å². The van der Waals surface area contributed by atoms with Gasteiger partial charge in [-0.1, -0.05) is 12.2 Å². The molecule has 0 spiro atoms. The molecule has 2 rings (SSSR count). The second-order valence-corrected chi connectivity index (χ2v) is 4.83. The lowest BCUT2D eigenvalue weighted by atomic mass is 9.96. The van der Waals surface area contributed by atoms with Gasteiger partial charge in [0.1, 0.15) is 17.9 Å². The molecule has 1 aliphatic rings. The number of H-pyrrole nitrogens is 1. The summed E-state index contributed by atoms with van der Waals surface area (Å²) < 4.78 is 46.5. The van der Waals surface area contributed by atoms with Crippen LogP contribution >= 0.6 is 12.2 Å². The van der Waals surface area contributed by atoms with E-state index in [0.29, 0.717) is 4.57 Å². The third-order valence-corrected chi connectivity index (χ3v) is 3.34. The largest absolute Gasteiger partial charge is 0.390 e. The Kier molecular flexibility index (Phi) is 3.75. The van der Waals surface area contributed by atoms with Crippen molar-refractivity contribution in [3.05, 3.63) is 27.4 Å². The lowest BCUT2D eigenvalue weighted by molar-refractivity contribution is -0.207. The second-order valence-electron chi connectivity index (χ2n) is 4.39. The van der Waals surface area contributed by atoms with Gasteiger partial charge in [-0.3, -0.25) is 9.55 Å². The van der Waals surface area contributed by atoms with Crippen LogP contribution in [-0.2, 0) is 4.74 Å². The molecule has 1 aromatic rings. The van der Waals surface area contributed by atoms with Gasteiger partial charge >= 0.3 is 5.69 Å². The highest BCUT2D eigenvalue weighted by Crippen LogP contribution is 2.47. The number of rotatable bonds is 3. The van der Waals surface area contributed by atoms with Crippen molar-refractivity contribution in [2.75, 3.05) is 13.3 Å². The van der Waals surface area contributed by atoms with E-state index in [4.69, 9.17) is 5.11 Å². The number of aliphatic hydroxyl groups is 2. The van der Waals surface area contributed by atoms with Crippen molar-refractivity contribution in [3.63, 3.8) is 0 Å². The SMILES string of the molecule is O=c1[nH]c(=S)ccn1[C@@H]1O[C@](F)(CO)C(O)[C@]1(F)CF. The van der Waals surface area contributed by atoms with Crippen LogP contribution in [0.2, 0.25) is 0 Å². The molecule has 0 aromatic carbocycles. The zero-order valence-corrected chi connectivity index (χ0v) is 10.7. The van der Waals surface area contributed by atoms with Crippen molar-refractivity contribution < 1.29 is 28.1 Å². The van der Waals surface area contributed by atoms with Gasteiger partial charge in [-0.25, -0.2) is 18.0 Å². The molecular formula is C10H11F3N2O4S. The predicted octanol–water partition coefficient (Wildman–Crippen LogP) is 0.131. The van der Waals surface area contributed by atoms with Gasteiger partial charge in [-0.2, -0.15) is 0 Å². The summed E-state index contributed by atoms with van der Waals surface area (Å²) in [6, 6.07) is 1.18. The fourth-order valence-electron chi connectivity index (χ4n) is 2.00. The minimum Gasteiger partial charge on any atom is -0.390 e. The van der Waals surface area contributed by atoms with Crippen LogP contribution in [0.3, 0.4) is 0 Å². The van der Waals surface area contributed by atoms with Crippen molar-refractivity contribution in [2.45, 2.75) is 23.9 Å². The maximum atomic E-state index is 14.4. The van der Waals surface area contributed by atoms with Crippen molar-refractivity contribution in [3.8, 4) is 0 Å². The fraction of sp³-hybridized carbons (Fsp3) is 0.600. The summed E-state index contributed by atoms with van der Waals surface area (Å²) in [5.41, 5.74) is -4.19. The van der Waals surface area contributed by atoms with E-state index in [9.17, 15) is 23.1 Å². The molecule has 0 saturated carbocycles. The number of hydrogen-bond donors (Lipinski definition) is 3. The molecule has 0 aliphatic carbocycles. The second kappa shape index (κ2) is 4.95. The van der Waals surface area contributed by atoms with E-state index in [1.807, 2.05) is 0 Å². The van der Waals surface area contributed by atoms with Crippen LogP contribution in [0.25, 0.3) is 0 Å². The van der Waals surface area contributed by atoms with E-state index in [2.05, 4.69) is 21.9 Å². The van der Waals surface area contributed by atoms with Crippen LogP contribution in [0.1, 0.15) is 6.23 Å². The average molecular weight is 312 g/mol. The normalized spacial score (nSPS) is 37.2. The van der Waals surface area contributed by atoms with E-state index in [-0.39, 0.29) is 4.64 Å². The molecule has 1 saturated heterocycles. The van der Waals surface area contributed by atoms with Crippen molar-refractivity contribution in [1.29, 1.82) is 0 Å². The van der Waals surface area contributed by atoms with Crippen molar-refractivity contribution in [2.24, 2.45) is 0 Å². The molecule has 4 atom stereocenters. The van der Waals surface area contributed by atoms with E-state index < -0.39 is 42.8 Å². The number of nitrogens with zero attached hydrogens (tertiary/aromatic N) is 1. The zero-order valence-electron chi connectivity index (χ0n) is 9.92.